The van der Waals surface area contributed by atoms with E-state index in [0.29, 0.717) is 17.5 Å². The number of ether oxygens (including phenoxy) is 1. The van der Waals surface area contributed by atoms with Crippen molar-refractivity contribution in [3.63, 3.8) is 0 Å². The van der Waals surface area contributed by atoms with Crippen molar-refractivity contribution in [1.82, 2.24) is 20.2 Å². The maximum atomic E-state index is 12.6. The van der Waals surface area contributed by atoms with Crippen LogP contribution in [0.3, 0.4) is 0 Å². The maximum absolute atomic E-state index is 12.6. The van der Waals surface area contributed by atoms with E-state index in [1.807, 2.05) is 63.2 Å². The number of carbonyl (C=O) groups is 1. The number of hydrogen-bond acceptors (Lipinski definition) is 6. The fourth-order valence-corrected chi connectivity index (χ4v) is 3.43. The number of benzene rings is 2. The van der Waals surface area contributed by atoms with Crippen LogP contribution in [0.15, 0.2) is 47.6 Å². The van der Waals surface area contributed by atoms with Gasteiger partial charge in [-0.25, -0.2) is 0 Å². The highest BCUT2D eigenvalue weighted by Crippen LogP contribution is 2.26. The standard InChI is InChI=1S/C19H20N4O2S/c1-4-25-18-8-6-5-7-16(18)23-19(20-21-22-23)26-12-17(24)15-10-9-13(2)11-14(15)3/h5-11H,4,12H2,1-3H3. The average Bonchev–Trinajstić information content (AvgIpc) is 3.09. The van der Waals surface area contributed by atoms with Crippen LogP contribution in [0.5, 0.6) is 5.75 Å². The number of Topliss-reactive ketones (excluding diaryl/α,β-unsaturated/α-hetero) is 1. The first-order valence-corrected chi connectivity index (χ1v) is 9.32. The summed E-state index contributed by atoms with van der Waals surface area (Å²) in [6.07, 6.45) is 0. The normalized spacial score (nSPS) is 10.7. The number of thioether (sulfide) groups is 1. The lowest BCUT2D eigenvalue weighted by atomic mass is 10.0. The Morgan fingerprint density at radius 1 is 1.19 bits per heavy atom. The summed E-state index contributed by atoms with van der Waals surface area (Å²) < 4.78 is 7.25. The predicted octanol–water partition coefficient (Wildman–Crippen LogP) is 3.65. The Bertz CT molecular complexity index is 923. The predicted molar refractivity (Wildman–Crippen MR) is 101 cm³/mol. The molecule has 3 aromatic rings. The smallest absolute Gasteiger partial charge is 0.214 e. The summed E-state index contributed by atoms with van der Waals surface area (Å²) in [7, 11) is 0. The number of aromatic nitrogens is 4. The molecule has 0 amide bonds. The summed E-state index contributed by atoms with van der Waals surface area (Å²) >= 11 is 1.31. The van der Waals surface area contributed by atoms with Crippen molar-refractivity contribution >= 4 is 17.5 Å². The van der Waals surface area contributed by atoms with Crippen LogP contribution in [0.1, 0.15) is 28.4 Å². The first-order chi connectivity index (χ1) is 12.6. The average molecular weight is 368 g/mol. The minimum atomic E-state index is 0.0557. The fraction of sp³-hybridized carbons (Fsp3) is 0.263. The molecule has 0 aliphatic carbocycles. The van der Waals surface area contributed by atoms with E-state index >= 15 is 0 Å². The van der Waals surface area contributed by atoms with E-state index in [2.05, 4.69) is 15.5 Å². The number of tetrazole rings is 1. The molecule has 0 aliphatic rings. The Balaban J connectivity index is 1.79. The molecule has 134 valence electrons. The van der Waals surface area contributed by atoms with Crippen molar-refractivity contribution in [2.24, 2.45) is 0 Å². The van der Waals surface area contributed by atoms with Crippen molar-refractivity contribution in [2.45, 2.75) is 25.9 Å². The van der Waals surface area contributed by atoms with Gasteiger partial charge in [-0.1, -0.05) is 47.7 Å². The molecule has 0 spiro atoms. The zero-order valence-electron chi connectivity index (χ0n) is 15.0. The fourth-order valence-electron chi connectivity index (χ4n) is 2.66. The number of para-hydroxylation sites is 2. The molecule has 26 heavy (non-hydrogen) atoms. The van der Waals surface area contributed by atoms with E-state index in [9.17, 15) is 4.79 Å². The molecular formula is C19H20N4O2S. The van der Waals surface area contributed by atoms with Gasteiger partial charge in [0.05, 0.1) is 12.4 Å². The second-order valence-corrected chi connectivity index (χ2v) is 6.75. The Morgan fingerprint density at radius 3 is 2.77 bits per heavy atom. The Hall–Kier alpha value is -2.67. The SMILES string of the molecule is CCOc1ccccc1-n1nnnc1SCC(=O)c1ccc(C)cc1C. The van der Waals surface area contributed by atoms with Crippen LogP contribution in [0, 0.1) is 13.8 Å². The second-order valence-electron chi connectivity index (χ2n) is 5.80. The van der Waals surface area contributed by atoms with Crippen molar-refractivity contribution in [3.8, 4) is 11.4 Å². The molecule has 0 saturated heterocycles. The third kappa shape index (κ3) is 3.94. The summed E-state index contributed by atoms with van der Waals surface area (Å²) in [6.45, 7) is 6.44. The Kier molecular flexibility index (Phi) is 5.68. The highest BCUT2D eigenvalue weighted by atomic mass is 32.2. The minimum Gasteiger partial charge on any atom is -0.492 e. The summed E-state index contributed by atoms with van der Waals surface area (Å²) in [4.78, 5) is 12.6. The highest BCUT2D eigenvalue weighted by Gasteiger charge is 2.16. The van der Waals surface area contributed by atoms with Crippen LogP contribution in [0.25, 0.3) is 5.69 Å². The number of carbonyl (C=O) groups excluding carboxylic acids is 1. The third-order valence-electron chi connectivity index (χ3n) is 3.85. The van der Waals surface area contributed by atoms with Gasteiger partial charge in [0.1, 0.15) is 11.4 Å². The number of rotatable bonds is 7. The number of hydrogen-bond donors (Lipinski definition) is 0. The van der Waals surface area contributed by atoms with E-state index in [0.717, 1.165) is 22.4 Å². The van der Waals surface area contributed by atoms with Crippen LogP contribution < -0.4 is 4.74 Å². The van der Waals surface area contributed by atoms with Crippen molar-refractivity contribution in [1.29, 1.82) is 0 Å². The molecule has 1 aromatic heterocycles. The topological polar surface area (TPSA) is 69.9 Å². The van der Waals surface area contributed by atoms with E-state index in [4.69, 9.17) is 4.74 Å². The lowest BCUT2D eigenvalue weighted by Gasteiger charge is -2.10. The number of aryl methyl sites for hydroxylation is 2. The zero-order valence-corrected chi connectivity index (χ0v) is 15.8. The molecule has 0 radical (unpaired) electrons. The molecular weight excluding hydrogens is 348 g/mol. The van der Waals surface area contributed by atoms with Gasteiger partial charge in [0.25, 0.3) is 0 Å². The van der Waals surface area contributed by atoms with Crippen LogP contribution in [-0.2, 0) is 0 Å². The van der Waals surface area contributed by atoms with Crippen LogP contribution >= 0.6 is 11.8 Å². The van der Waals surface area contributed by atoms with Gasteiger partial charge in [-0.3, -0.25) is 4.79 Å². The molecule has 7 heteroatoms. The maximum Gasteiger partial charge on any atom is 0.214 e. The first kappa shape index (κ1) is 18.1. The molecule has 0 unspecified atom stereocenters. The van der Waals surface area contributed by atoms with Gasteiger partial charge in [0, 0.05) is 5.56 Å². The molecule has 1 heterocycles. The summed E-state index contributed by atoms with van der Waals surface area (Å²) in [5, 5.41) is 12.4. The van der Waals surface area contributed by atoms with Crippen molar-refractivity contribution in [3.05, 3.63) is 59.2 Å². The molecule has 0 fully saturated rings. The zero-order chi connectivity index (χ0) is 18.5. The molecule has 3 rings (SSSR count). The molecule has 6 nitrogen and oxygen atoms in total. The van der Waals surface area contributed by atoms with Gasteiger partial charge in [-0.2, -0.15) is 4.68 Å². The Morgan fingerprint density at radius 2 is 2.00 bits per heavy atom. The van der Waals surface area contributed by atoms with Gasteiger partial charge < -0.3 is 4.74 Å². The highest BCUT2D eigenvalue weighted by molar-refractivity contribution is 7.99. The van der Waals surface area contributed by atoms with Crippen molar-refractivity contribution < 1.29 is 9.53 Å². The van der Waals surface area contributed by atoms with E-state index in [1.54, 1.807) is 4.68 Å². The second kappa shape index (κ2) is 8.14. The van der Waals surface area contributed by atoms with E-state index in [-0.39, 0.29) is 11.5 Å². The van der Waals surface area contributed by atoms with Crippen LogP contribution in [-0.4, -0.2) is 38.4 Å². The minimum absolute atomic E-state index is 0.0557. The van der Waals surface area contributed by atoms with Crippen LogP contribution in [0.4, 0.5) is 0 Å². The summed E-state index contributed by atoms with van der Waals surface area (Å²) in [5.41, 5.74) is 3.61. The molecule has 0 N–H and O–H groups in total. The molecule has 2 aromatic carbocycles. The number of nitrogens with zero attached hydrogens (tertiary/aromatic N) is 4. The Labute approximate surface area is 156 Å². The lowest BCUT2D eigenvalue weighted by Crippen LogP contribution is -2.07. The van der Waals surface area contributed by atoms with Crippen LogP contribution in [0.2, 0.25) is 0 Å². The largest absolute Gasteiger partial charge is 0.492 e. The number of ketones is 1. The monoisotopic (exact) mass is 368 g/mol. The van der Waals surface area contributed by atoms with Gasteiger partial charge in [-0.05, 0) is 48.9 Å². The third-order valence-corrected chi connectivity index (χ3v) is 4.77. The molecule has 0 saturated carbocycles. The van der Waals surface area contributed by atoms with Gasteiger partial charge in [0.2, 0.25) is 5.16 Å². The summed E-state index contributed by atoms with van der Waals surface area (Å²) in [6, 6.07) is 13.4. The molecule has 0 aliphatic heterocycles. The van der Waals surface area contributed by atoms with E-state index < -0.39 is 0 Å². The van der Waals surface area contributed by atoms with Gasteiger partial charge in [0.15, 0.2) is 5.78 Å². The molecule has 0 atom stereocenters. The van der Waals surface area contributed by atoms with E-state index in [1.165, 1.54) is 11.8 Å². The van der Waals surface area contributed by atoms with Gasteiger partial charge in [-0.15, -0.1) is 5.10 Å². The van der Waals surface area contributed by atoms with Crippen molar-refractivity contribution in [2.75, 3.05) is 12.4 Å². The lowest BCUT2D eigenvalue weighted by molar-refractivity contribution is 0.102. The van der Waals surface area contributed by atoms with Gasteiger partial charge >= 0.3 is 0 Å². The quantitative estimate of drug-likeness (QED) is 0.468. The summed E-state index contributed by atoms with van der Waals surface area (Å²) in [5.74, 6) is 1.02. The first-order valence-electron chi connectivity index (χ1n) is 8.34. The molecule has 0 bridgehead atoms.